The third-order valence-corrected chi connectivity index (χ3v) is 5.22. The number of benzene rings is 1. The molecule has 1 amide bonds. The SMILES string of the molecule is CC(=O)c1cccc(S(=O)(=O)NCCC(=O)NC(C)c2ccc(C)o2)c1. The van der Waals surface area contributed by atoms with Gasteiger partial charge in [0.25, 0.3) is 0 Å². The zero-order valence-corrected chi connectivity index (χ0v) is 15.7. The predicted molar refractivity (Wildman–Crippen MR) is 96.3 cm³/mol. The highest BCUT2D eigenvalue weighted by Gasteiger charge is 2.17. The van der Waals surface area contributed by atoms with Crippen LogP contribution in [0.5, 0.6) is 0 Å². The number of carbonyl (C=O) groups is 2. The van der Waals surface area contributed by atoms with E-state index in [-0.39, 0.29) is 35.6 Å². The summed E-state index contributed by atoms with van der Waals surface area (Å²) >= 11 is 0. The van der Waals surface area contributed by atoms with Gasteiger partial charge in [-0.25, -0.2) is 13.1 Å². The van der Waals surface area contributed by atoms with Gasteiger partial charge in [-0.3, -0.25) is 9.59 Å². The van der Waals surface area contributed by atoms with E-state index < -0.39 is 10.0 Å². The molecule has 1 heterocycles. The number of amides is 1. The van der Waals surface area contributed by atoms with Gasteiger partial charge in [0.15, 0.2) is 5.78 Å². The molecule has 0 aliphatic rings. The quantitative estimate of drug-likeness (QED) is 0.686. The molecular formula is C18H22N2O5S. The molecule has 1 aromatic heterocycles. The van der Waals surface area contributed by atoms with Crippen molar-refractivity contribution in [1.29, 1.82) is 0 Å². The van der Waals surface area contributed by atoms with Crippen molar-refractivity contribution in [3.8, 4) is 0 Å². The molecule has 0 bridgehead atoms. The number of carbonyl (C=O) groups excluding carboxylic acids is 2. The van der Waals surface area contributed by atoms with Crippen molar-refractivity contribution in [2.75, 3.05) is 6.54 Å². The van der Waals surface area contributed by atoms with Gasteiger partial charge < -0.3 is 9.73 Å². The van der Waals surface area contributed by atoms with Crippen LogP contribution in [0.3, 0.4) is 0 Å². The van der Waals surface area contributed by atoms with Crippen LogP contribution in [0, 0.1) is 6.92 Å². The first-order valence-corrected chi connectivity index (χ1v) is 9.64. The fraction of sp³-hybridized carbons (Fsp3) is 0.333. The monoisotopic (exact) mass is 378 g/mol. The molecule has 0 aliphatic heterocycles. The van der Waals surface area contributed by atoms with Gasteiger partial charge in [0.2, 0.25) is 15.9 Å². The fourth-order valence-electron chi connectivity index (χ4n) is 2.34. The maximum atomic E-state index is 12.3. The summed E-state index contributed by atoms with van der Waals surface area (Å²) in [4.78, 5) is 23.3. The zero-order valence-electron chi connectivity index (χ0n) is 14.9. The molecular weight excluding hydrogens is 356 g/mol. The number of Topliss-reactive ketones (excluding diaryl/α,β-unsaturated/α-hetero) is 1. The Labute approximate surface area is 152 Å². The van der Waals surface area contributed by atoms with Crippen LogP contribution in [0.15, 0.2) is 45.7 Å². The molecule has 2 rings (SSSR count). The Morgan fingerprint density at radius 2 is 1.92 bits per heavy atom. The Balaban J connectivity index is 1.88. The molecule has 7 nitrogen and oxygen atoms in total. The molecule has 0 aliphatic carbocycles. The van der Waals surface area contributed by atoms with Crippen LogP contribution >= 0.6 is 0 Å². The molecule has 140 valence electrons. The average molecular weight is 378 g/mol. The van der Waals surface area contributed by atoms with Gasteiger partial charge in [0, 0.05) is 18.5 Å². The number of nitrogens with one attached hydrogen (secondary N) is 2. The summed E-state index contributed by atoms with van der Waals surface area (Å²) in [6, 6.07) is 9.05. The normalized spacial score (nSPS) is 12.6. The summed E-state index contributed by atoms with van der Waals surface area (Å²) < 4.78 is 32.3. The van der Waals surface area contributed by atoms with E-state index in [4.69, 9.17) is 4.42 Å². The lowest BCUT2D eigenvalue weighted by molar-refractivity contribution is -0.121. The molecule has 1 atom stereocenters. The molecule has 2 N–H and O–H groups in total. The lowest BCUT2D eigenvalue weighted by Gasteiger charge is -2.12. The van der Waals surface area contributed by atoms with Crippen LogP contribution in [0.25, 0.3) is 0 Å². The van der Waals surface area contributed by atoms with Gasteiger partial charge in [-0.15, -0.1) is 0 Å². The standard InChI is InChI=1S/C18H22N2O5S/c1-12-7-8-17(25-12)13(2)20-18(22)9-10-19-26(23,24)16-6-4-5-15(11-16)14(3)21/h4-8,11,13,19H,9-10H2,1-3H3,(H,20,22). The number of sulfonamides is 1. The van der Waals surface area contributed by atoms with E-state index in [1.54, 1.807) is 25.1 Å². The molecule has 0 radical (unpaired) electrons. The van der Waals surface area contributed by atoms with Crippen molar-refractivity contribution in [2.24, 2.45) is 0 Å². The first-order valence-electron chi connectivity index (χ1n) is 8.15. The number of ketones is 1. The highest BCUT2D eigenvalue weighted by atomic mass is 32.2. The number of aryl methyl sites for hydroxylation is 1. The van der Waals surface area contributed by atoms with Gasteiger partial charge in [-0.1, -0.05) is 12.1 Å². The van der Waals surface area contributed by atoms with Gasteiger partial charge in [0.05, 0.1) is 10.9 Å². The second-order valence-corrected chi connectivity index (χ2v) is 7.74. The van der Waals surface area contributed by atoms with Crippen molar-refractivity contribution < 1.29 is 22.4 Å². The topological polar surface area (TPSA) is 105 Å². The van der Waals surface area contributed by atoms with Crippen LogP contribution in [0.4, 0.5) is 0 Å². The fourth-order valence-corrected chi connectivity index (χ4v) is 3.41. The largest absolute Gasteiger partial charge is 0.464 e. The molecule has 1 aromatic carbocycles. The minimum Gasteiger partial charge on any atom is -0.464 e. The van der Waals surface area contributed by atoms with E-state index in [0.29, 0.717) is 11.3 Å². The van der Waals surface area contributed by atoms with Crippen molar-refractivity contribution in [1.82, 2.24) is 10.0 Å². The zero-order chi connectivity index (χ0) is 19.3. The Hall–Kier alpha value is -2.45. The number of hydrogen-bond acceptors (Lipinski definition) is 5. The van der Waals surface area contributed by atoms with Crippen LogP contribution in [-0.2, 0) is 14.8 Å². The Kier molecular flexibility index (Phi) is 6.33. The average Bonchev–Trinajstić information content (AvgIpc) is 3.01. The van der Waals surface area contributed by atoms with Gasteiger partial charge in [-0.2, -0.15) is 0 Å². The van der Waals surface area contributed by atoms with Gasteiger partial charge >= 0.3 is 0 Å². The van der Waals surface area contributed by atoms with Gasteiger partial charge in [-0.05, 0) is 45.0 Å². The second-order valence-electron chi connectivity index (χ2n) is 5.97. The third kappa shape index (κ3) is 5.27. The maximum absolute atomic E-state index is 12.3. The smallest absolute Gasteiger partial charge is 0.240 e. The third-order valence-electron chi connectivity index (χ3n) is 3.76. The summed E-state index contributed by atoms with van der Waals surface area (Å²) in [7, 11) is -3.79. The Morgan fingerprint density at radius 3 is 2.54 bits per heavy atom. The summed E-state index contributed by atoms with van der Waals surface area (Å²) in [5, 5.41) is 2.75. The van der Waals surface area contributed by atoms with Crippen molar-refractivity contribution in [2.45, 2.75) is 38.1 Å². The van der Waals surface area contributed by atoms with Gasteiger partial charge in [0.1, 0.15) is 11.5 Å². The number of rotatable bonds is 8. The minimum absolute atomic E-state index is 0.00923. The second kappa shape index (κ2) is 8.29. The summed E-state index contributed by atoms with van der Waals surface area (Å²) in [6.45, 7) is 4.91. The molecule has 1 unspecified atom stereocenters. The Morgan fingerprint density at radius 1 is 1.19 bits per heavy atom. The molecule has 8 heteroatoms. The lowest BCUT2D eigenvalue weighted by atomic mass is 10.2. The summed E-state index contributed by atoms with van der Waals surface area (Å²) in [5.41, 5.74) is 0.313. The van der Waals surface area contributed by atoms with Crippen LogP contribution in [-0.4, -0.2) is 26.7 Å². The first-order chi connectivity index (χ1) is 12.2. The van der Waals surface area contributed by atoms with E-state index in [9.17, 15) is 18.0 Å². The van der Waals surface area contributed by atoms with Crippen LogP contribution < -0.4 is 10.0 Å². The highest BCUT2D eigenvalue weighted by Crippen LogP contribution is 2.15. The van der Waals surface area contributed by atoms with Crippen LogP contribution in [0.2, 0.25) is 0 Å². The van der Waals surface area contributed by atoms with E-state index in [1.165, 1.54) is 25.1 Å². The molecule has 26 heavy (non-hydrogen) atoms. The van der Waals surface area contributed by atoms with Crippen molar-refractivity contribution in [3.63, 3.8) is 0 Å². The summed E-state index contributed by atoms with van der Waals surface area (Å²) in [5.74, 6) is 0.870. The first kappa shape index (κ1) is 19.9. The number of hydrogen-bond donors (Lipinski definition) is 2. The minimum atomic E-state index is -3.79. The number of furan rings is 1. The molecule has 0 saturated carbocycles. The maximum Gasteiger partial charge on any atom is 0.240 e. The highest BCUT2D eigenvalue weighted by molar-refractivity contribution is 7.89. The lowest BCUT2D eigenvalue weighted by Crippen LogP contribution is -2.32. The summed E-state index contributed by atoms with van der Waals surface area (Å²) in [6.07, 6.45) is -0.0182. The predicted octanol–water partition coefficient (Wildman–Crippen LogP) is 2.34. The van der Waals surface area contributed by atoms with E-state index in [2.05, 4.69) is 10.0 Å². The molecule has 0 saturated heterocycles. The molecule has 2 aromatic rings. The van der Waals surface area contributed by atoms with Crippen LogP contribution in [0.1, 0.15) is 48.2 Å². The van der Waals surface area contributed by atoms with E-state index in [1.807, 2.05) is 6.92 Å². The molecule has 0 spiro atoms. The molecule has 0 fully saturated rings. The van der Waals surface area contributed by atoms with E-state index >= 15 is 0 Å². The van der Waals surface area contributed by atoms with Crippen molar-refractivity contribution >= 4 is 21.7 Å². The van der Waals surface area contributed by atoms with Crippen molar-refractivity contribution in [3.05, 3.63) is 53.5 Å². The Bertz CT molecular complexity index is 902. The van der Waals surface area contributed by atoms with E-state index in [0.717, 1.165) is 5.76 Å².